The predicted octanol–water partition coefficient (Wildman–Crippen LogP) is 2.82. The molecule has 18 heavy (non-hydrogen) atoms. The highest BCUT2D eigenvalue weighted by atomic mass is 19.1. The van der Waals surface area contributed by atoms with E-state index in [4.69, 9.17) is 5.73 Å². The summed E-state index contributed by atoms with van der Waals surface area (Å²) in [4.78, 5) is 2.26. The molecule has 2 unspecified atom stereocenters. The maximum atomic E-state index is 13.7. The average molecular weight is 252 g/mol. The summed E-state index contributed by atoms with van der Waals surface area (Å²) >= 11 is 0. The van der Waals surface area contributed by atoms with Crippen molar-refractivity contribution in [2.75, 3.05) is 13.6 Å². The molecular weight excluding hydrogens is 227 g/mol. The fourth-order valence-corrected chi connectivity index (χ4v) is 2.20. The van der Waals surface area contributed by atoms with Gasteiger partial charge in [0, 0.05) is 18.1 Å². The highest BCUT2D eigenvalue weighted by Gasteiger charge is 2.31. The lowest BCUT2D eigenvalue weighted by Crippen LogP contribution is -2.54. The van der Waals surface area contributed by atoms with E-state index in [0.717, 1.165) is 12.0 Å². The van der Waals surface area contributed by atoms with Gasteiger partial charge in [-0.1, -0.05) is 25.1 Å². The third kappa shape index (κ3) is 3.30. The van der Waals surface area contributed by atoms with E-state index in [0.29, 0.717) is 19.0 Å². The Balaban J connectivity index is 2.92. The number of benzene rings is 1. The largest absolute Gasteiger partial charge is 0.329 e. The minimum absolute atomic E-state index is 0.144. The van der Waals surface area contributed by atoms with Gasteiger partial charge in [0.2, 0.25) is 0 Å². The molecule has 2 nitrogen and oxygen atoms in total. The molecule has 0 saturated heterocycles. The van der Waals surface area contributed by atoms with Crippen molar-refractivity contribution in [2.24, 2.45) is 5.73 Å². The summed E-state index contributed by atoms with van der Waals surface area (Å²) in [6.45, 7) is 6.95. The van der Waals surface area contributed by atoms with Crippen LogP contribution in [-0.4, -0.2) is 30.1 Å². The highest BCUT2D eigenvalue weighted by Crippen LogP contribution is 2.23. The zero-order valence-electron chi connectivity index (χ0n) is 11.9. The van der Waals surface area contributed by atoms with Crippen molar-refractivity contribution >= 4 is 0 Å². The van der Waals surface area contributed by atoms with Gasteiger partial charge in [0.05, 0.1) is 0 Å². The molecule has 1 aromatic rings. The Kier molecular flexibility index (Phi) is 5.29. The van der Waals surface area contributed by atoms with Crippen LogP contribution in [0.4, 0.5) is 4.39 Å². The zero-order valence-corrected chi connectivity index (χ0v) is 11.9. The SMILES string of the molecule is CCC(C)N(C)C(C)(CN)Cc1ccccc1F. The second-order valence-electron chi connectivity index (χ2n) is 5.34. The van der Waals surface area contributed by atoms with Crippen LogP contribution in [0.25, 0.3) is 0 Å². The third-order valence-electron chi connectivity index (χ3n) is 4.07. The molecule has 0 saturated carbocycles. The van der Waals surface area contributed by atoms with Crippen LogP contribution in [0.3, 0.4) is 0 Å². The molecule has 0 aromatic heterocycles. The molecule has 0 spiro atoms. The Bertz CT molecular complexity index is 381. The van der Waals surface area contributed by atoms with Gasteiger partial charge in [-0.25, -0.2) is 4.39 Å². The van der Waals surface area contributed by atoms with E-state index in [9.17, 15) is 4.39 Å². The summed E-state index contributed by atoms with van der Waals surface area (Å²) in [5.74, 6) is -0.144. The maximum Gasteiger partial charge on any atom is 0.126 e. The van der Waals surface area contributed by atoms with Crippen molar-refractivity contribution in [3.63, 3.8) is 0 Å². The van der Waals surface area contributed by atoms with Gasteiger partial charge in [0.15, 0.2) is 0 Å². The van der Waals surface area contributed by atoms with E-state index < -0.39 is 0 Å². The molecular formula is C15H25FN2. The standard InChI is InChI=1S/C15H25FN2/c1-5-12(2)18(4)15(3,11-17)10-13-8-6-7-9-14(13)16/h6-9,12H,5,10-11,17H2,1-4H3. The normalized spacial score (nSPS) is 16.6. The summed E-state index contributed by atoms with van der Waals surface area (Å²) < 4.78 is 13.7. The number of likely N-dealkylation sites (N-methyl/N-ethyl adjacent to an activating group) is 1. The Hall–Kier alpha value is -0.930. The molecule has 0 bridgehead atoms. The first-order valence-corrected chi connectivity index (χ1v) is 6.61. The van der Waals surface area contributed by atoms with Crippen LogP contribution in [0, 0.1) is 5.82 Å². The average Bonchev–Trinajstić information content (AvgIpc) is 2.39. The van der Waals surface area contributed by atoms with Crippen LogP contribution in [-0.2, 0) is 6.42 Å². The van der Waals surface area contributed by atoms with Gasteiger partial charge < -0.3 is 5.73 Å². The van der Waals surface area contributed by atoms with Crippen molar-refractivity contribution in [1.82, 2.24) is 4.90 Å². The number of rotatable bonds is 6. The van der Waals surface area contributed by atoms with Gasteiger partial charge in [0.1, 0.15) is 5.82 Å². The monoisotopic (exact) mass is 252 g/mol. The van der Waals surface area contributed by atoms with E-state index in [-0.39, 0.29) is 11.4 Å². The fraction of sp³-hybridized carbons (Fsp3) is 0.600. The van der Waals surface area contributed by atoms with E-state index in [2.05, 4.69) is 32.7 Å². The lowest BCUT2D eigenvalue weighted by Gasteiger charge is -2.42. The Morgan fingerprint density at radius 2 is 2.00 bits per heavy atom. The number of nitrogens with zero attached hydrogens (tertiary/aromatic N) is 1. The smallest absolute Gasteiger partial charge is 0.126 e. The zero-order chi connectivity index (χ0) is 13.8. The first kappa shape index (κ1) is 15.1. The fourth-order valence-electron chi connectivity index (χ4n) is 2.20. The first-order valence-electron chi connectivity index (χ1n) is 6.61. The van der Waals surface area contributed by atoms with Gasteiger partial charge in [-0.05, 0) is 45.4 Å². The third-order valence-corrected chi connectivity index (χ3v) is 4.07. The van der Waals surface area contributed by atoms with Gasteiger partial charge >= 0.3 is 0 Å². The van der Waals surface area contributed by atoms with Gasteiger partial charge in [0.25, 0.3) is 0 Å². The molecule has 0 radical (unpaired) electrons. The maximum absolute atomic E-state index is 13.7. The summed E-state index contributed by atoms with van der Waals surface area (Å²) in [6, 6.07) is 7.38. The number of hydrogen-bond donors (Lipinski definition) is 1. The molecule has 0 aliphatic rings. The molecule has 102 valence electrons. The molecule has 0 fully saturated rings. The van der Waals surface area contributed by atoms with Gasteiger partial charge in [-0.3, -0.25) is 4.90 Å². The van der Waals surface area contributed by atoms with E-state index in [1.807, 2.05) is 12.1 Å². The van der Waals surface area contributed by atoms with Crippen molar-refractivity contribution in [1.29, 1.82) is 0 Å². The lowest BCUT2D eigenvalue weighted by atomic mass is 9.89. The van der Waals surface area contributed by atoms with Crippen LogP contribution < -0.4 is 5.73 Å². The van der Waals surface area contributed by atoms with Gasteiger partial charge in [-0.15, -0.1) is 0 Å². The summed E-state index contributed by atoms with van der Waals surface area (Å²) in [6.07, 6.45) is 1.69. The number of nitrogens with two attached hydrogens (primary N) is 1. The number of hydrogen-bond acceptors (Lipinski definition) is 2. The first-order chi connectivity index (χ1) is 8.44. The minimum Gasteiger partial charge on any atom is -0.329 e. The molecule has 2 N–H and O–H groups in total. The van der Waals surface area contributed by atoms with Crippen LogP contribution in [0.5, 0.6) is 0 Å². The van der Waals surface area contributed by atoms with Crippen molar-refractivity contribution in [3.05, 3.63) is 35.6 Å². The molecule has 2 atom stereocenters. The topological polar surface area (TPSA) is 29.3 Å². The summed E-state index contributed by atoms with van der Waals surface area (Å²) in [5.41, 5.74) is 6.46. The second-order valence-corrected chi connectivity index (χ2v) is 5.34. The molecule has 0 heterocycles. The van der Waals surface area contributed by atoms with E-state index in [1.54, 1.807) is 6.07 Å². The van der Waals surface area contributed by atoms with Crippen molar-refractivity contribution in [2.45, 2.75) is 45.2 Å². The van der Waals surface area contributed by atoms with Crippen molar-refractivity contribution in [3.8, 4) is 0 Å². The highest BCUT2D eigenvalue weighted by molar-refractivity contribution is 5.20. The molecule has 3 heteroatoms. The molecule has 0 aliphatic carbocycles. The summed E-state index contributed by atoms with van der Waals surface area (Å²) in [5, 5.41) is 0. The van der Waals surface area contributed by atoms with Crippen LogP contribution in [0.15, 0.2) is 24.3 Å². The molecule has 0 aliphatic heterocycles. The van der Waals surface area contributed by atoms with Crippen LogP contribution >= 0.6 is 0 Å². The Morgan fingerprint density at radius 3 is 2.50 bits per heavy atom. The van der Waals surface area contributed by atoms with E-state index in [1.165, 1.54) is 6.07 Å². The molecule has 0 amide bonds. The number of halogens is 1. The summed E-state index contributed by atoms with van der Waals surface area (Å²) in [7, 11) is 2.07. The second kappa shape index (κ2) is 6.30. The van der Waals surface area contributed by atoms with Gasteiger partial charge in [-0.2, -0.15) is 0 Å². The van der Waals surface area contributed by atoms with Crippen LogP contribution in [0.2, 0.25) is 0 Å². The molecule has 1 rings (SSSR count). The predicted molar refractivity (Wildman–Crippen MR) is 75.1 cm³/mol. The van der Waals surface area contributed by atoms with Crippen LogP contribution in [0.1, 0.15) is 32.8 Å². The Labute approximate surface area is 110 Å². The van der Waals surface area contributed by atoms with Crippen molar-refractivity contribution < 1.29 is 4.39 Å². The van der Waals surface area contributed by atoms with E-state index >= 15 is 0 Å². The minimum atomic E-state index is -0.211. The lowest BCUT2D eigenvalue weighted by molar-refractivity contribution is 0.0972. The quantitative estimate of drug-likeness (QED) is 0.843. The molecule has 1 aromatic carbocycles. The Morgan fingerprint density at radius 1 is 1.39 bits per heavy atom.